The Hall–Kier alpha value is -1.35. The maximum Gasteiger partial charge on any atom is 0.317 e. The molecular formula is C14H26N4O4S. The minimum Gasteiger partial charge on any atom is -0.369 e. The first kappa shape index (κ1) is 18.0. The number of nitrogens with one attached hydrogen (secondary N) is 1. The van der Waals surface area contributed by atoms with Gasteiger partial charge < -0.3 is 16.0 Å². The summed E-state index contributed by atoms with van der Waals surface area (Å²) in [7, 11) is -3.11. The van der Waals surface area contributed by atoms with E-state index in [0.717, 1.165) is 12.8 Å². The highest BCUT2D eigenvalue weighted by molar-refractivity contribution is 7.88. The van der Waals surface area contributed by atoms with Gasteiger partial charge in [0.05, 0.1) is 6.26 Å². The van der Waals surface area contributed by atoms with Crippen molar-refractivity contribution in [1.82, 2.24) is 14.5 Å². The van der Waals surface area contributed by atoms with Crippen LogP contribution in [0.25, 0.3) is 0 Å². The van der Waals surface area contributed by atoms with Crippen LogP contribution in [0.3, 0.4) is 0 Å². The number of urea groups is 1. The molecule has 23 heavy (non-hydrogen) atoms. The predicted molar refractivity (Wildman–Crippen MR) is 86.0 cm³/mol. The van der Waals surface area contributed by atoms with Gasteiger partial charge in [0, 0.05) is 38.6 Å². The van der Waals surface area contributed by atoms with E-state index in [-0.39, 0.29) is 17.9 Å². The Kier molecular flexibility index (Phi) is 5.85. The third kappa shape index (κ3) is 5.07. The molecule has 0 radical (unpaired) electrons. The Morgan fingerprint density at radius 2 is 1.65 bits per heavy atom. The summed E-state index contributed by atoms with van der Waals surface area (Å²) < 4.78 is 24.4. The summed E-state index contributed by atoms with van der Waals surface area (Å²) >= 11 is 0. The number of amides is 3. The number of piperidine rings is 2. The molecule has 2 rings (SSSR count). The molecule has 0 aromatic carbocycles. The van der Waals surface area contributed by atoms with Crippen molar-refractivity contribution in [2.45, 2.75) is 25.7 Å². The molecular weight excluding hydrogens is 320 g/mol. The fourth-order valence-electron chi connectivity index (χ4n) is 3.16. The number of nitrogens with two attached hydrogens (primary N) is 1. The molecule has 3 N–H and O–H groups in total. The van der Waals surface area contributed by atoms with Crippen LogP contribution >= 0.6 is 0 Å². The number of hydrogen-bond donors (Lipinski definition) is 2. The molecule has 2 aliphatic heterocycles. The molecule has 0 bridgehead atoms. The second-order valence-electron chi connectivity index (χ2n) is 6.46. The van der Waals surface area contributed by atoms with Crippen molar-refractivity contribution >= 4 is 22.0 Å². The van der Waals surface area contributed by atoms with Gasteiger partial charge in [-0.2, -0.15) is 0 Å². The number of sulfonamides is 1. The molecule has 0 aromatic heterocycles. The van der Waals surface area contributed by atoms with E-state index in [2.05, 4.69) is 5.32 Å². The van der Waals surface area contributed by atoms with Crippen molar-refractivity contribution in [1.29, 1.82) is 0 Å². The Morgan fingerprint density at radius 1 is 1.09 bits per heavy atom. The molecule has 0 spiro atoms. The lowest BCUT2D eigenvalue weighted by atomic mass is 9.96. The summed E-state index contributed by atoms with van der Waals surface area (Å²) in [5.41, 5.74) is 5.28. The van der Waals surface area contributed by atoms with Crippen molar-refractivity contribution in [3.05, 3.63) is 0 Å². The molecule has 0 unspecified atom stereocenters. The molecule has 0 aromatic rings. The van der Waals surface area contributed by atoms with Gasteiger partial charge >= 0.3 is 6.03 Å². The zero-order valence-corrected chi connectivity index (χ0v) is 14.3. The zero-order valence-electron chi connectivity index (χ0n) is 13.5. The number of carbonyl (C=O) groups excluding carboxylic acids is 2. The van der Waals surface area contributed by atoms with Gasteiger partial charge in [0.15, 0.2) is 0 Å². The van der Waals surface area contributed by atoms with Crippen LogP contribution in [0.5, 0.6) is 0 Å². The molecule has 2 saturated heterocycles. The van der Waals surface area contributed by atoms with Crippen LogP contribution in [-0.2, 0) is 14.8 Å². The Bertz CT molecular complexity index is 535. The smallest absolute Gasteiger partial charge is 0.317 e. The topological polar surface area (TPSA) is 113 Å². The molecule has 3 amide bonds. The highest BCUT2D eigenvalue weighted by atomic mass is 32.2. The quantitative estimate of drug-likeness (QED) is 0.719. The van der Waals surface area contributed by atoms with Crippen LogP contribution in [0.2, 0.25) is 0 Å². The minimum atomic E-state index is -3.11. The lowest BCUT2D eigenvalue weighted by Crippen LogP contribution is -2.48. The lowest BCUT2D eigenvalue weighted by Gasteiger charge is -2.33. The first-order chi connectivity index (χ1) is 10.8. The van der Waals surface area contributed by atoms with E-state index in [1.165, 1.54) is 10.6 Å². The van der Waals surface area contributed by atoms with Crippen LogP contribution in [-0.4, -0.2) is 68.5 Å². The Balaban J connectivity index is 1.69. The largest absolute Gasteiger partial charge is 0.369 e. The monoisotopic (exact) mass is 346 g/mol. The summed E-state index contributed by atoms with van der Waals surface area (Å²) in [6, 6.07) is -0.113. The van der Waals surface area contributed by atoms with E-state index in [0.29, 0.717) is 51.5 Å². The van der Waals surface area contributed by atoms with Gasteiger partial charge in [-0.3, -0.25) is 4.79 Å². The van der Waals surface area contributed by atoms with E-state index in [9.17, 15) is 18.0 Å². The Labute approximate surface area is 137 Å². The lowest BCUT2D eigenvalue weighted by molar-refractivity contribution is -0.123. The average Bonchev–Trinajstić information content (AvgIpc) is 2.52. The van der Waals surface area contributed by atoms with Gasteiger partial charge in [0.1, 0.15) is 0 Å². The average molecular weight is 346 g/mol. The zero-order chi connectivity index (χ0) is 17.0. The van der Waals surface area contributed by atoms with E-state index in [1.807, 2.05) is 0 Å². The number of primary amides is 1. The summed E-state index contributed by atoms with van der Waals surface area (Å²) in [6.45, 7) is 2.69. The summed E-state index contributed by atoms with van der Waals surface area (Å²) in [5.74, 6) is -0.109. The number of hydrogen-bond acceptors (Lipinski definition) is 4. The van der Waals surface area contributed by atoms with E-state index < -0.39 is 10.0 Å². The normalized spacial score (nSPS) is 22.0. The molecule has 2 fully saturated rings. The Morgan fingerprint density at radius 3 is 2.13 bits per heavy atom. The second kappa shape index (κ2) is 7.48. The summed E-state index contributed by atoms with van der Waals surface area (Å²) in [4.78, 5) is 25.0. The third-order valence-corrected chi connectivity index (χ3v) is 6.07. The summed E-state index contributed by atoms with van der Waals surface area (Å²) in [6.07, 6.45) is 3.99. The van der Waals surface area contributed by atoms with Crippen molar-refractivity contribution in [3.8, 4) is 0 Å². The molecule has 2 aliphatic rings. The van der Waals surface area contributed by atoms with Crippen LogP contribution in [0.4, 0.5) is 4.79 Å². The van der Waals surface area contributed by atoms with Gasteiger partial charge in [-0.25, -0.2) is 17.5 Å². The predicted octanol–water partition coefficient (Wildman–Crippen LogP) is -0.435. The summed E-state index contributed by atoms with van der Waals surface area (Å²) in [5, 5.41) is 2.92. The van der Waals surface area contributed by atoms with E-state index in [1.54, 1.807) is 4.90 Å². The van der Waals surface area contributed by atoms with Crippen molar-refractivity contribution < 1.29 is 18.0 Å². The molecule has 9 heteroatoms. The highest BCUT2D eigenvalue weighted by Crippen LogP contribution is 2.19. The van der Waals surface area contributed by atoms with Crippen molar-refractivity contribution in [2.24, 2.45) is 17.6 Å². The van der Waals surface area contributed by atoms with Gasteiger partial charge in [-0.05, 0) is 31.6 Å². The van der Waals surface area contributed by atoms with Gasteiger partial charge in [-0.1, -0.05) is 0 Å². The first-order valence-corrected chi connectivity index (χ1v) is 9.89. The number of nitrogens with zero attached hydrogens (tertiary/aromatic N) is 2. The van der Waals surface area contributed by atoms with Gasteiger partial charge in [-0.15, -0.1) is 0 Å². The van der Waals surface area contributed by atoms with Crippen molar-refractivity contribution in [3.63, 3.8) is 0 Å². The first-order valence-electron chi connectivity index (χ1n) is 8.04. The molecule has 0 aliphatic carbocycles. The highest BCUT2D eigenvalue weighted by Gasteiger charge is 2.28. The SMILES string of the molecule is CS(=O)(=O)N1CCC(CNC(=O)N2CCC(C(N)=O)CC2)CC1. The van der Waals surface area contributed by atoms with Crippen LogP contribution in [0, 0.1) is 11.8 Å². The number of rotatable bonds is 4. The standard InChI is InChI=1S/C14H26N4O4S/c1-23(21,22)18-8-2-11(3-9-18)10-16-14(20)17-6-4-12(5-7-17)13(15)19/h11-12H,2-10H2,1H3,(H2,15,19)(H,16,20). The van der Waals surface area contributed by atoms with Gasteiger partial charge in [0.2, 0.25) is 15.9 Å². The molecule has 2 heterocycles. The van der Waals surface area contributed by atoms with E-state index >= 15 is 0 Å². The maximum absolute atomic E-state index is 12.1. The van der Waals surface area contributed by atoms with Crippen LogP contribution in [0.15, 0.2) is 0 Å². The van der Waals surface area contributed by atoms with Gasteiger partial charge in [0.25, 0.3) is 0 Å². The maximum atomic E-state index is 12.1. The van der Waals surface area contributed by atoms with Crippen LogP contribution < -0.4 is 11.1 Å². The number of likely N-dealkylation sites (tertiary alicyclic amines) is 1. The number of carbonyl (C=O) groups is 2. The molecule has 0 saturated carbocycles. The van der Waals surface area contributed by atoms with Crippen LogP contribution in [0.1, 0.15) is 25.7 Å². The minimum absolute atomic E-state index is 0.113. The molecule has 8 nitrogen and oxygen atoms in total. The van der Waals surface area contributed by atoms with Crippen molar-refractivity contribution in [2.75, 3.05) is 39.0 Å². The molecule has 132 valence electrons. The third-order valence-electron chi connectivity index (χ3n) is 4.77. The molecule has 0 atom stereocenters. The second-order valence-corrected chi connectivity index (χ2v) is 8.44. The van der Waals surface area contributed by atoms with E-state index in [4.69, 9.17) is 5.73 Å². The fraction of sp³-hybridized carbons (Fsp3) is 0.857. The fourth-order valence-corrected chi connectivity index (χ4v) is 4.03.